The number of benzene rings is 1. The first-order valence-corrected chi connectivity index (χ1v) is 11.4. The van der Waals surface area contributed by atoms with Gasteiger partial charge in [-0.05, 0) is 36.6 Å². The SMILES string of the molecule is C=CCn1c(=O)/c(=C\c2ccc(Br)cc2)s/c1=C(/C#N)c1nnc2n1CCCCC2. The van der Waals surface area contributed by atoms with Crippen LogP contribution in [0.25, 0.3) is 11.6 Å². The predicted octanol–water partition coefficient (Wildman–Crippen LogP) is 2.73. The zero-order valence-corrected chi connectivity index (χ0v) is 18.7. The van der Waals surface area contributed by atoms with Crippen LogP contribution in [0.15, 0.2) is 46.2 Å². The molecule has 0 amide bonds. The first-order valence-electron chi connectivity index (χ1n) is 9.77. The van der Waals surface area contributed by atoms with Crippen LogP contribution in [0.4, 0.5) is 0 Å². The molecule has 2 aromatic heterocycles. The summed E-state index contributed by atoms with van der Waals surface area (Å²) in [6.07, 6.45) is 7.62. The van der Waals surface area contributed by atoms with Crippen molar-refractivity contribution >= 4 is 38.9 Å². The van der Waals surface area contributed by atoms with E-state index in [4.69, 9.17) is 0 Å². The van der Waals surface area contributed by atoms with Crippen molar-refractivity contribution < 1.29 is 0 Å². The lowest BCUT2D eigenvalue weighted by Gasteiger charge is -2.06. The van der Waals surface area contributed by atoms with Gasteiger partial charge in [-0.25, -0.2) is 0 Å². The van der Waals surface area contributed by atoms with Gasteiger partial charge in [0.05, 0.1) is 4.53 Å². The maximum Gasteiger partial charge on any atom is 0.269 e. The Balaban J connectivity index is 1.97. The summed E-state index contributed by atoms with van der Waals surface area (Å²) in [4.78, 5) is 13.1. The molecule has 0 N–H and O–H groups in total. The summed E-state index contributed by atoms with van der Waals surface area (Å²) in [5.41, 5.74) is 1.17. The molecule has 0 bridgehead atoms. The Morgan fingerprint density at radius 1 is 1.27 bits per heavy atom. The van der Waals surface area contributed by atoms with E-state index in [0.717, 1.165) is 48.1 Å². The average Bonchev–Trinajstić information content (AvgIpc) is 3.17. The Labute approximate surface area is 186 Å². The van der Waals surface area contributed by atoms with Crippen LogP contribution in [-0.4, -0.2) is 19.3 Å². The van der Waals surface area contributed by atoms with E-state index in [1.54, 1.807) is 10.6 Å². The van der Waals surface area contributed by atoms with E-state index in [0.29, 0.717) is 27.1 Å². The summed E-state index contributed by atoms with van der Waals surface area (Å²) in [5, 5.41) is 18.7. The molecule has 1 aliphatic heterocycles. The molecule has 0 saturated heterocycles. The number of fused-ring (bicyclic) bond motifs is 1. The molecule has 1 aromatic carbocycles. The molecule has 6 nitrogen and oxygen atoms in total. The lowest BCUT2D eigenvalue weighted by molar-refractivity contribution is 0.626. The van der Waals surface area contributed by atoms with Crippen LogP contribution in [0.1, 0.15) is 36.5 Å². The van der Waals surface area contributed by atoms with Gasteiger partial charge in [0.25, 0.3) is 5.56 Å². The van der Waals surface area contributed by atoms with Crippen LogP contribution in [-0.2, 0) is 19.5 Å². The molecule has 152 valence electrons. The van der Waals surface area contributed by atoms with Crippen LogP contribution in [0, 0.1) is 11.3 Å². The fourth-order valence-electron chi connectivity index (χ4n) is 3.57. The van der Waals surface area contributed by atoms with E-state index in [1.807, 2.05) is 34.9 Å². The third-order valence-electron chi connectivity index (χ3n) is 5.05. The summed E-state index contributed by atoms with van der Waals surface area (Å²) < 4.78 is 5.76. The molecular weight excluding hydrogens is 462 g/mol. The van der Waals surface area contributed by atoms with E-state index in [-0.39, 0.29) is 5.56 Å². The number of nitrogens with zero attached hydrogens (tertiary/aromatic N) is 5. The normalized spacial score (nSPS) is 15.3. The summed E-state index contributed by atoms with van der Waals surface area (Å²) in [6.45, 7) is 4.89. The van der Waals surface area contributed by atoms with Gasteiger partial charge in [-0.3, -0.25) is 9.36 Å². The van der Waals surface area contributed by atoms with Gasteiger partial charge >= 0.3 is 0 Å². The van der Waals surface area contributed by atoms with Crippen molar-refractivity contribution in [3.63, 3.8) is 0 Å². The van der Waals surface area contributed by atoms with Gasteiger partial charge in [0.2, 0.25) is 0 Å². The third-order valence-corrected chi connectivity index (χ3v) is 6.70. The molecule has 0 saturated carbocycles. The Hall–Kier alpha value is -2.76. The van der Waals surface area contributed by atoms with Crippen molar-refractivity contribution in [3.8, 4) is 6.07 Å². The number of allylic oxidation sites excluding steroid dienone is 1. The Bertz CT molecular complexity index is 1310. The highest BCUT2D eigenvalue weighted by atomic mass is 79.9. The number of thiazole rings is 1. The molecule has 0 spiro atoms. The first kappa shape index (κ1) is 20.5. The monoisotopic (exact) mass is 481 g/mol. The van der Waals surface area contributed by atoms with E-state index in [2.05, 4.69) is 38.8 Å². The lowest BCUT2D eigenvalue weighted by Crippen LogP contribution is -2.32. The Morgan fingerprint density at radius 2 is 2.07 bits per heavy atom. The second-order valence-electron chi connectivity index (χ2n) is 7.06. The molecule has 3 aromatic rings. The quantitative estimate of drug-likeness (QED) is 0.536. The standard InChI is InChI=1S/C22H20BrN5OS/c1-2-11-28-21(29)18(13-15-7-9-16(23)10-8-15)30-22(28)17(14-24)20-26-25-19-6-4-3-5-12-27(19)20/h2,7-10,13H,1,3-6,11-12H2/b18-13+,22-17-. The highest BCUT2D eigenvalue weighted by molar-refractivity contribution is 9.10. The van der Waals surface area contributed by atoms with Gasteiger partial charge in [-0.1, -0.05) is 40.6 Å². The summed E-state index contributed by atoms with van der Waals surface area (Å²) in [6, 6.07) is 10.0. The minimum Gasteiger partial charge on any atom is -0.310 e. The van der Waals surface area contributed by atoms with Gasteiger partial charge in [0.15, 0.2) is 5.82 Å². The molecule has 0 atom stereocenters. The smallest absolute Gasteiger partial charge is 0.269 e. The van der Waals surface area contributed by atoms with Crippen LogP contribution in [0.2, 0.25) is 0 Å². The average molecular weight is 482 g/mol. The zero-order valence-electron chi connectivity index (χ0n) is 16.3. The molecule has 30 heavy (non-hydrogen) atoms. The second-order valence-corrected chi connectivity index (χ2v) is 9.01. The maximum absolute atomic E-state index is 13.1. The number of aryl methyl sites for hydroxylation is 1. The van der Waals surface area contributed by atoms with E-state index >= 15 is 0 Å². The van der Waals surface area contributed by atoms with Crippen LogP contribution in [0.3, 0.4) is 0 Å². The highest BCUT2D eigenvalue weighted by Gasteiger charge is 2.20. The van der Waals surface area contributed by atoms with Gasteiger partial charge in [0.1, 0.15) is 22.1 Å². The Kier molecular flexibility index (Phi) is 6.11. The Morgan fingerprint density at radius 3 is 2.80 bits per heavy atom. The van der Waals surface area contributed by atoms with Crippen molar-refractivity contribution in [1.29, 1.82) is 5.26 Å². The molecule has 4 rings (SSSR count). The number of halogens is 1. The third kappa shape index (κ3) is 3.95. The van der Waals surface area contributed by atoms with E-state index in [1.165, 1.54) is 11.3 Å². The predicted molar refractivity (Wildman–Crippen MR) is 121 cm³/mol. The largest absolute Gasteiger partial charge is 0.310 e. The van der Waals surface area contributed by atoms with Gasteiger partial charge in [-0.2, -0.15) is 5.26 Å². The highest BCUT2D eigenvalue weighted by Crippen LogP contribution is 2.18. The maximum atomic E-state index is 13.1. The molecule has 3 heterocycles. The van der Waals surface area contributed by atoms with Crippen LogP contribution < -0.4 is 14.8 Å². The van der Waals surface area contributed by atoms with Gasteiger partial charge in [0, 0.05) is 24.0 Å². The van der Waals surface area contributed by atoms with Gasteiger partial charge in [-0.15, -0.1) is 28.1 Å². The van der Waals surface area contributed by atoms with Crippen molar-refractivity contribution in [1.82, 2.24) is 19.3 Å². The summed E-state index contributed by atoms with van der Waals surface area (Å²) in [7, 11) is 0. The molecule has 0 aliphatic carbocycles. The molecule has 0 fully saturated rings. The fraction of sp³-hybridized carbons (Fsp3) is 0.273. The molecule has 0 unspecified atom stereocenters. The summed E-state index contributed by atoms with van der Waals surface area (Å²) in [5.74, 6) is 1.45. The molecular formula is C22H20BrN5OS. The molecule has 1 aliphatic rings. The number of hydrogen-bond donors (Lipinski definition) is 0. The van der Waals surface area contributed by atoms with Crippen molar-refractivity contribution in [2.45, 2.75) is 38.8 Å². The minimum absolute atomic E-state index is 0.138. The number of aromatic nitrogens is 4. The van der Waals surface area contributed by atoms with Crippen molar-refractivity contribution in [3.05, 3.63) is 78.2 Å². The first-order chi connectivity index (χ1) is 14.6. The lowest BCUT2D eigenvalue weighted by atomic mass is 10.2. The van der Waals surface area contributed by atoms with Crippen LogP contribution in [0.5, 0.6) is 0 Å². The molecule has 8 heteroatoms. The van der Waals surface area contributed by atoms with E-state index in [9.17, 15) is 10.1 Å². The fourth-order valence-corrected chi connectivity index (χ4v) is 4.95. The number of rotatable bonds is 4. The summed E-state index contributed by atoms with van der Waals surface area (Å²) >= 11 is 4.73. The van der Waals surface area contributed by atoms with Crippen molar-refractivity contribution in [2.24, 2.45) is 0 Å². The number of hydrogen-bond acceptors (Lipinski definition) is 5. The molecule has 0 radical (unpaired) electrons. The topological polar surface area (TPSA) is 76.5 Å². The second kappa shape index (κ2) is 8.94. The minimum atomic E-state index is -0.138. The van der Waals surface area contributed by atoms with Crippen molar-refractivity contribution in [2.75, 3.05) is 0 Å². The van der Waals surface area contributed by atoms with E-state index < -0.39 is 0 Å². The zero-order chi connectivity index (χ0) is 21.1. The van der Waals surface area contributed by atoms with Gasteiger partial charge < -0.3 is 4.57 Å². The van der Waals surface area contributed by atoms with Crippen LogP contribution >= 0.6 is 27.3 Å². The number of nitriles is 1.